The Morgan fingerprint density at radius 1 is 1.64 bits per heavy atom. The molecule has 0 saturated heterocycles. The molecular formula is C11H15NOS. The fourth-order valence-corrected chi connectivity index (χ4v) is 2.41. The van der Waals surface area contributed by atoms with Crippen LogP contribution in [0.1, 0.15) is 30.2 Å². The van der Waals surface area contributed by atoms with Crippen molar-refractivity contribution in [2.24, 2.45) is 5.92 Å². The third kappa shape index (κ3) is 2.15. The lowest BCUT2D eigenvalue weighted by Gasteiger charge is -2.03. The lowest BCUT2D eigenvalue weighted by atomic mass is 10.2. The van der Waals surface area contributed by atoms with Crippen LogP contribution in [0.5, 0.6) is 0 Å². The van der Waals surface area contributed by atoms with Gasteiger partial charge in [0.1, 0.15) is 0 Å². The number of rotatable bonds is 4. The van der Waals surface area contributed by atoms with Gasteiger partial charge in [-0.3, -0.25) is 4.79 Å². The Morgan fingerprint density at radius 2 is 2.43 bits per heavy atom. The van der Waals surface area contributed by atoms with E-state index < -0.39 is 0 Å². The second-order valence-electron chi connectivity index (χ2n) is 3.71. The van der Waals surface area contributed by atoms with Gasteiger partial charge in [0.15, 0.2) is 0 Å². The number of carbonyl (C=O) groups is 1. The second-order valence-corrected chi connectivity index (χ2v) is 4.72. The Balaban J connectivity index is 1.87. The molecule has 0 unspecified atom stereocenters. The first-order valence-electron chi connectivity index (χ1n) is 5.14. The molecule has 0 aromatic carbocycles. The van der Waals surface area contributed by atoms with Crippen molar-refractivity contribution in [3.8, 4) is 0 Å². The molecule has 1 N–H and O–H groups in total. The average molecular weight is 209 g/mol. The van der Waals surface area contributed by atoms with Crippen molar-refractivity contribution in [1.82, 2.24) is 5.32 Å². The quantitative estimate of drug-likeness (QED) is 0.810. The molecule has 0 radical (unpaired) electrons. The number of hydrogen-bond acceptors (Lipinski definition) is 2. The highest BCUT2D eigenvalue weighted by molar-refractivity contribution is 7.10. The standard InChI is InChI=1S/C11H15NOS/c1-2-8-5-6-14-10(8)7-12-11(13)9-3-4-9/h5-6,9H,2-4,7H2,1H3,(H,12,13). The highest BCUT2D eigenvalue weighted by atomic mass is 32.1. The maximum absolute atomic E-state index is 11.4. The van der Waals surface area contributed by atoms with E-state index in [9.17, 15) is 4.79 Å². The van der Waals surface area contributed by atoms with Gasteiger partial charge < -0.3 is 5.32 Å². The first-order chi connectivity index (χ1) is 6.81. The average Bonchev–Trinajstić information content (AvgIpc) is 2.94. The number of aryl methyl sites for hydroxylation is 1. The van der Waals surface area contributed by atoms with Gasteiger partial charge in [0.2, 0.25) is 5.91 Å². The zero-order valence-corrected chi connectivity index (χ0v) is 9.19. The van der Waals surface area contributed by atoms with E-state index in [2.05, 4.69) is 23.7 Å². The third-order valence-electron chi connectivity index (χ3n) is 2.59. The predicted molar refractivity (Wildman–Crippen MR) is 58.3 cm³/mol. The van der Waals surface area contributed by atoms with Gasteiger partial charge in [0, 0.05) is 10.8 Å². The Labute approximate surface area is 88.3 Å². The van der Waals surface area contributed by atoms with Crippen LogP contribution in [0.3, 0.4) is 0 Å². The second kappa shape index (κ2) is 4.13. The number of thiophene rings is 1. The summed E-state index contributed by atoms with van der Waals surface area (Å²) < 4.78 is 0. The van der Waals surface area contributed by atoms with Gasteiger partial charge >= 0.3 is 0 Å². The van der Waals surface area contributed by atoms with Crippen LogP contribution in [0.4, 0.5) is 0 Å². The van der Waals surface area contributed by atoms with E-state index in [1.54, 1.807) is 11.3 Å². The largest absolute Gasteiger partial charge is 0.351 e. The first kappa shape index (κ1) is 9.71. The number of nitrogens with one attached hydrogen (secondary N) is 1. The summed E-state index contributed by atoms with van der Waals surface area (Å²) in [5.74, 6) is 0.556. The molecule has 3 heteroatoms. The Morgan fingerprint density at radius 3 is 3.07 bits per heavy atom. The van der Waals surface area contributed by atoms with Gasteiger partial charge in [-0.05, 0) is 36.3 Å². The first-order valence-corrected chi connectivity index (χ1v) is 6.02. The van der Waals surface area contributed by atoms with Gasteiger partial charge in [-0.1, -0.05) is 6.92 Å². The van der Waals surface area contributed by atoms with Crippen molar-refractivity contribution in [3.63, 3.8) is 0 Å². The molecule has 1 fully saturated rings. The minimum Gasteiger partial charge on any atom is -0.351 e. The summed E-state index contributed by atoms with van der Waals surface area (Å²) in [6.45, 7) is 2.87. The summed E-state index contributed by atoms with van der Waals surface area (Å²) in [7, 11) is 0. The van der Waals surface area contributed by atoms with Crippen LogP contribution in [0.2, 0.25) is 0 Å². The summed E-state index contributed by atoms with van der Waals surface area (Å²) >= 11 is 1.73. The normalized spacial score (nSPS) is 15.5. The fourth-order valence-electron chi connectivity index (χ4n) is 1.49. The predicted octanol–water partition coefficient (Wildman–Crippen LogP) is 2.34. The molecule has 2 nitrogen and oxygen atoms in total. The van der Waals surface area contributed by atoms with E-state index in [-0.39, 0.29) is 5.91 Å². The van der Waals surface area contributed by atoms with Crippen molar-refractivity contribution in [2.75, 3.05) is 0 Å². The van der Waals surface area contributed by atoms with Crippen molar-refractivity contribution in [2.45, 2.75) is 32.7 Å². The topological polar surface area (TPSA) is 29.1 Å². The highest BCUT2D eigenvalue weighted by Crippen LogP contribution is 2.29. The number of amides is 1. The maximum atomic E-state index is 11.4. The van der Waals surface area contributed by atoms with E-state index in [4.69, 9.17) is 0 Å². The van der Waals surface area contributed by atoms with E-state index in [0.29, 0.717) is 5.92 Å². The molecule has 1 aliphatic carbocycles. The summed E-state index contributed by atoms with van der Waals surface area (Å²) in [6, 6.07) is 2.14. The molecule has 76 valence electrons. The zero-order chi connectivity index (χ0) is 9.97. The van der Waals surface area contributed by atoms with Gasteiger partial charge in [0.25, 0.3) is 0 Å². The molecule has 1 amide bonds. The molecule has 1 aromatic heterocycles. The van der Waals surface area contributed by atoms with Crippen LogP contribution in [0.25, 0.3) is 0 Å². The molecule has 2 rings (SSSR count). The van der Waals surface area contributed by atoms with Crippen LogP contribution in [0, 0.1) is 5.92 Å². The summed E-state index contributed by atoms with van der Waals surface area (Å²) in [6.07, 6.45) is 3.21. The maximum Gasteiger partial charge on any atom is 0.223 e. The Hall–Kier alpha value is -0.830. The van der Waals surface area contributed by atoms with Crippen LogP contribution in [-0.2, 0) is 17.8 Å². The lowest BCUT2D eigenvalue weighted by Crippen LogP contribution is -2.24. The molecule has 1 heterocycles. The Kier molecular flexibility index (Phi) is 2.87. The van der Waals surface area contributed by atoms with E-state index >= 15 is 0 Å². The monoisotopic (exact) mass is 209 g/mol. The molecule has 0 atom stereocenters. The van der Waals surface area contributed by atoms with E-state index in [1.807, 2.05) is 0 Å². The molecule has 14 heavy (non-hydrogen) atoms. The zero-order valence-electron chi connectivity index (χ0n) is 8.38. The van der Waals surface area contributed by atoms with Crippen molar-refractivity contribution in [3.05, 3.63) is 21.9 Å². The van der Waals surface area contributed by atoms with Gasteiger partial charge in [-0.15, -0.1) is 11.3 Å². The van der Waals surface area contributed by atoms with Gasteiger partial charge in [0.05, 0.1) is 6.54 Å². The molecule has 1 aromatic rings. The summed E-state index contributed by atoms with van der Waals surface area (Å²) in [5, 5.41) is 5.09. The van der Waals surface area contributed by atoms with Gasteiger partial charge in [-0.25, -0.2) is 0 Å². The fraction of sp³-hybridized carbons (Fsp3) is 0.545. The third-order valence-corrected chi connectivity index (χ3v) is 3.55. The van der Waals surface area contributed by atoms with Crippen molar-refractivity contribution >= 4 is 17.2 Å². The van der Waals surface area contributed by atoms with Crippen molar-refractivity contribution in [1.29, 1.82) is 0 Å². The molecule has 0 aliphatic heterocycles. The van der Waals surface area contributed by atoms with Gasteiger partial charge in [-0.2, -0.15) is 0 Å². The lowest BCUT2D eigenvalue weighted by molar-refractivity contribution is -0.122. The minimum absolute atomic E-state index is 0.237. The Bertz CT molecular complexity index is 328. The molecule has 0 spiro atoms. The molecular weight excluding hydrogens is 194 g/mol. The SMILES string of the molecule is CCc1ccsc1CNC(=O)C1CC1. The summed E-state index contributed by atoms with van der Waals surface area (Å²) in [5.41, 5.74) is 1.37. The molecule has 1 saturated carbocycles. The van der Waals surface area contributed by atoms with Crippen molar-refractivity contribution < 1.29 is 4.79 Å². The van der Waals surface area contributed by atoms with Crippen LogP contribution in [0.15, 0.2) is 11.4 Å². The minimum atomic E-state index is 0.237. The molecule has 0 bridgehead atoms. The number of hydrogen-bond donors (Lipinski definition) is 1. The highest BCUT2D eigenvalue weighted by Gasteiger charge is 2.29. The molecule has 1 aliphatic rings. The number of carbonyl (C=O) groups excluding carboxylic acids is 1. The van der Waals surface area contributed by atoms with E-state index in [0.717, 1.165) is 25.8 Å². The van der Waals surface area contributed by atoms with Crippen LogP contribution in [-0.4, -0.2) is 5.91 Å². The van der Waals surface area contributed by atoms with Crippen LogP contribution >= 0.6 is 11.3 Å². The van der Waals surface area contributed by atoms with E-state index in [1.165, 1.54) is 10.4 Å². The smallest absolute Gasteiger partial charge is 0.223 e. The summed E-state index contributed by atoms with van der Waals surface area (Å²) in [4.78, 5) is 12.7. The van der Waals surface area contributed by atoms with Crippen LogP contribution < -0.4 is 5.32 Å².